The van der Waals surface area contributed by atoms with Crippen LogP contribution in [0.1, 0.15) is 28.8 Å². The van der Waals surface area contributed by atoms with Crippen molar-refractivity contribution >= 4 is 5.91 Å². The number of hydrogen-bond donors (Lipinski definition) is 1. The van der Waals surface area contributed by atoms with E-state index in [-0.39, 0.29) is 12.2 Å². The van der Waals surface area contributed by atoms with Crippen LogP contribution in [0.25, 0.3) is 0 Å². The van der Waals surface area contributed by atoms with Gasteiger partial charge in [-0.1, -0.05) is 17.7 Å². The summed E-state index contributed by atoms with van der Waals surface area (Å²) in [6.45, 7) is 4.06. The molecule has 0 spiro atoms. The van der Waals surface area contributed by atoms with Crippen molar-refractivity contribution in [2.45, 2.75) is 26.1 Å². The minimum atomic E-state index is -0.169. The van der Waals surface area contributed by atoms with Gasteiger partial charge in [0, 0.05) is 18.5 Å². The molecule has 2 rings (SSSR count). The van der Waals surface area contributed by atoms with Crippen LogP contribution in [0.5, 0.6) is 0 Å². The summed E-state index contributed by atoms with van der Waals surface area (Å²) in [4.78, 5) is 11.8. The second-order valence-corrected chi connectivity index (χ2v) is 4.44. The molecule has 0 aliphatic carbocycles. The van der Waals surface area contributed by atoms with Crippen molar-refractivity contribution in [2.24, 2.45) is 0 Å². The monoisotopic (exact) mass is 249 g/mol. The van der Waals surface area contributed by atoms with Gasteiger partial charge in [-0.05, 0) is 25.5 Å². The summed E-state index contributed by atoms with van der Waals surface area (Å²) in [5.74, 6) is -0.0502. The van der Waals surface area contributed by atoms with Crippen molar-refractivity contribution < 1.29 is 14.3 Å². The normalized spacial score (nSPS) is 16.5. The fraction of sp³-hybridized carbons (Fsp3) is 0.500. The van der Waals surface area contributed by atoms with Gasteiger partial charge in [-0.3, -0.25) is 4.79 Å². The SMILES string of the molecule is Cc1ccc(C(=O)NCCC2OCCCO2)cc1. The predicted molar refractivity (Wildman–Crippen MR) is 68.4 cm³/mol. The van der Waals surface area contributed by atoms with Gasteiger partial charge in [0.2, 0.25) is 0 Å². The first-order chi connectivity index (χ1) is 8.75. The molecule has 1 N–H and O–H groups in total. The van der Waals surface area contributed by atoms with Crippen molar-refractivity contribution in [3.05, 3.63) is 35.4 Å². The molecule has 1 aliphatic rings. The van der Waals surface area contributed by atoms with Crippen molar-refractivity contribution in [2.75, 3.05) is 19.8 Å². The summed E-state index contributed by atoms with van der Waals surface area (Å²) < 4.78 is 10.8. The van der Waals surface area contributed by atoms with Crippen LogP contribution >= 0.6 is 0 Å². The molecule has 0 saturated carbocycles. The number of ether oxygens (including phenoxy) is 2. The first-order valence-corrected chi connectivity index (χ1v) is 6.34. The topological polar surface area (TPSA) is 47.6 Å². The summed E-state index contributed by atoms with van der Waals surface area (Å²) >= 11 is 0. The van der Waals surface area contributed by atoms with Gasteiger partial charge in [-0.2, -0.15) is 0 Å². The molecule has 4 nitrogen and oxygen atoms in total. The maximum absolute atomic E-state index is 11.8. The molecule has 98 valence electrons. The molecular formula is C14H19NO3. The standard InChI is InChI=1S/C14H19NO3/c1-11-3-5-12(6-4-11)14(16)15-8-7-13-17-9-2-10-18-13/h3-6,13H,2,7-10H2,1H3,(H,15,16). The Morgan fingerprint density at radius 1 is 1.28 bits per heavy atom. The van der Waals surface area contributed by atoms with Gasteiger partial charge in [-0.15, -0.1) is 0 Å². The van der Waals surface area contributed by atoms with Gasteiger partial charge in [0.1, 0.15) is 0 Å². The van der Waals surface area contributed by atoms with Gasteiger partial charge in [0.25, 0.3) is 5.91 Å². The molecule has 0 unspecified atom stereocenters. The van der Waals surface area contributed by atoms with E-state index in [0.29, 0.717) is 18.5 Å². The second kappa shape index (κ2) is 6.52. The third-order valence-electron chi connectivity index (χ3n) is 2.88. The maximum atomic E-state index is 11.8. The number of carbonyl (C=O) groups excluding carboxylic acids is 1. The van der Waals surface area contributed by atoms with Crippen molar-refractivity contribution in [1.82, 2.24) is 5.32 Å². The lowest BCUT2D eigenvalue weighted by Crippen LogP contribution is -2.31. The van der Waals surface area contributed by atoms with E-state index >= 15 is 0 Å². The summed E-state index contributed by atoms with van der Waals surface area (Å²) in [5.41, 5.74) is 1.83. The van der Waals surface area contributed by atoms with Crippen LogP contribution in [0.3, 0.4) is 0 Å². The highest BCUT2D eigenvalue weighted by molar-refractivity contribution is 5.94. The minimum absolute atomic E-state index is 0.0502. The number of aryl methyl sites for hydroxylation is 1. The van der Waals surface area contributed by atoms with Gasteiger partial charge < -0.3 is 14.8 Å². The molecule has 4 heteroatoms. The highest BCUT2D eigenvalue weighted by atomic mass is 16.7. The highest BCUT2D eigenvalue weighted by Crippen LogP contribution is 2.08. The van der Waals surface area contributed by atoms with E-state index in [1.54, 1.807) is 0 Å². The Kier molecular flexibility index (Phi) is 4.73. The van der Waals surface area contributed by atoms with E-state index in [2.05, 4.69) is 5.32 Å². The molecule has 1 aromatic rings. The molecular weight excluding hydrogens is 230 g/mol. The number of benzene rings is 1. The quantitative estimate of drug-likeness (QED) is 0.886. The van der Waals surface area contributed by atoms with Crippen LogP contribution in [-0.2, 0) is 9.47 Å². The maximum Gasteiger partial charge on any atom is 0.251 e. The third-order valence-corrected chi connectivity index (χ3v) is 2.88. The van der Waals surface area contributed by atoms with E-state index in [1.807, 2.05) is 31.2 Å². The largest absolute Gasteiger partial charge is 0.353 e. The average molecular weight is 249 g/mol. The minimum Gasteiger partial charge on any atom is -0.353 e. The van der Waals surface area contributed by atoms with Crippen LogP contribution < -0.4 is 5.32 Å². The van der Waals surface area contributed by atoms with Crippen LogP contribution in [0.15, 0.2) is 24.3 Å². The molecule has 0 atom stereocenters. The van der Waals surface area contributed by atoms with Gasteiger partial charge in [-0.25, -0.2) is 0 Å². The molecule has 0 aromatic heterocycles. The molecule has 18 heavy (non-hydrogen) atoms. The first-order valence-electron chi connectivity index (χ1n) is 6.34. The van der Waals surface area contributed by atoms with E-state index in [4.69, 9.17) is 9.47 Å². The average Bonchev–Trinajstić information content (AvgIpc) is 2.40. The Bertz CT molecular complexity index is 383. The van der Waals surface area contributed by atoms with E-state index < -0.39 is 0 Å². The summed E-state index contributed by atoms with van der Waals surface area (Å²) in [6, 6.07) is 7.53. The van der Waals surface area contributed by atoms with Gasteiger partial charge in [0.15, 0.2) is 6.29 Å². The Balaban J connectivity index is 1.72. The summed E-state index contributed by atoms with van der Waals surface area (Å²) in [7, 11) is 0. The second-order valence-electron chi connectivity index (χ2n) is 4.44. The molecule has 0 bridgehead atoms. The van der Waals surface area contributed by atoms with Gasteiger partial charge in [0.05, 0.1) is 13.2 Å². The molecule has 0 radical (unpaired) electrons. The lowest BCUT2D eigenvalue weighted by molar-refractivity contribution is -0.180. The first kappa shape index (κ1) is 13.1. The zero-order chi connectivity index (χ0) is 12.8. The van der Waals surface area contributed by atoms with Crippen LogP contribution in [0.2, 0.25) is 0 Å². The van der Waals surface area contributed by atoms with E-state index in [0.717, 1.165) is 25.2 Å². The highest BCUT2D eigenvalue weighted by Gasteiger charge is 2.14. The van der Waals surface area contributed by atoms with Gasteiger partial charge >= 0.3 is 0 Å². The lowest BCUT2D eigenvalue weighted by atomic mass is 10.1. The molecule has 1 aliphatic heterocycles. The number of hydrogen-bond acceptors (Lipinski definition) is 3. The summed E-state index contributed by atoms with van der Waals surface area (Å²) in [5, 5.41) is 2.87. The zero-order valence-electron chi connectivity index (χ0n) is 10.6. The fourth-order valence-corrected chi connectivity index (χ4v) is 1.81. The summed E-state index contributed by atoms with van der Waals surface area (Å²) in [6.07, 6.45) is 1.47. The molecule has 1 amide bonds. The number of carbonyl (C=O) groups is 1. The van der Waals surface area contributed by atoms with Crippen LogP contribution in [0.4, 0.5) is 0 Å². The predicted octanol–water partition coefficient (Wildman–Crippen LogP) is 1.88. The zero-order valence-corrected chi connectivity index (χ0v) is 10.6. The molecule has 1 heterocycles. The molecule has 1 aromatic carbocycles. The Labute approximate surface area is 107 Å². The molecule has 1 saturated heterocycles. The number of amides is 1. The van der Waals surface area contributed by atoms with Crippen LogP contribution in [-0.4, -0.2) is 32.0 Å². The van der Waals surface area contributed by atoms with Crippen molar-refractivity contribution in [3.63, 3.8) is 0 Å². The number of nitrogens with one attached hydrogen (secondary N) is 1. The third kappa shape index (κ3) is 3.82. The van der Waals surface area contributed by atoms with Crippen LogP contribution in [0, 0.1) is 6.92 Å². The van der Waals surface area contributed by atoms with E-state index in [9.17, 15) is 4.79 Å². The van der Waals surface area contributed by atoms with Crippen molar-refractivity contribution in [1.29, 1.82) is 0 Å². The Hall–Kier alpha value is -1.39. The number of rotatable bonds is 4. The lowest BCUT2D eigenvalue weighted by Gasteiger charge is -2.23. The fourth-order valence-electron chi connectivity index (χ4n) is 1.81. The smallest absolute Gasteiger partial charge is 0.251 e. The van der Waals surface area contributed by atoms with E-state index in [1.165, 1.54) is 0 Å². The van der Waals surface area contributed by atoms with Crippen molar-refractivity contribution in [3.8, 4) is 0 Å². The molecule has 1 fully saturated rings. The Morgan fingerprint density at radius 3 is 2.61 bits per heavy atom. The Morgan fingerprint density at radius 2 is 1.94 bits per heavy atom.